The van der Waals surface area contributed by atoms with E-state index in [0.29, 0.717) is 16.8 Å². The van der Waals surface area contributed by atoms with E-state index in [0.717, 1.165) is 0 Å². The number of carbonyl (C=O) groups is 1. The lowest BCUT2D eigenvalue weighted by Gasteiger charge is -2.15. The molecule has 1 unspecified atom stereocenters. The van der Waals surface area contributed by atoms with Crippen LogP contribution in [0.1, 0.15) is 20.8 Å². The Morgan fingerprint density at radius 1 is 1.67 bits per heavy atom. The van der Waals surface area contributed by atoms with E-state index in [4.69, 9.17) is 14.2 Å². The van der Waals surface area contributed by atoms with Crippen molar-refractivity contribution in [3.8, 4) is 0 Å². The SMILES string of the molecule is CCOC(=O)/C(I)=C\C1COC(C)(C)O1. The average molecular weight is 326 g/mol. The largest absolute Gasteiger partial charge is 0.462 e. The molecule has 1 aliphatic heterocycles. The normalized spacial score (nSPS) is 25.3. The van der Waals surface area contributed by atoms with E-state index in [1.54, 1.807) is 13.0 Å². The molecule has 0 radical (unpaired) electrons. The quantitative estimate of drug-likeness (QED) is 0.452. The third kappa shape index (κ3) is 4.08. The van der Waals surface area contributed by atoms with Gasteiger partial charge in [0, 0.05) is 0 Å². The summed E-state index contributed by atoms with van der Waals surface area (Å²) in [7, 11) is 0. The highest BCUT2D eigenvalue weighted by Crippen LogP contribution is 2.24. The summed E-state index contributed by atoms with van der Waals surface area (Å²) in [4.78, 5) is 11.3. The predicted octanol–water partition coefficient (Wildman–Crippen LogP) is 2.02. The molecule has 1 heterocycles. The Kier molecular flexibility index (Phi) is 4.54. The van der Waals surface area contributed by atoms with Crippen molar-refractivity contribution in [1.82, 2.24) is 0 Å². The molecule has 15 heavy (non-hydrogen) atoms. The van der Waals surface area contributed by atoms with Crippen LogP contribution in [0, 0.1) is 0 Å². The molecule has 0 aromatic carbocycles. The second-order valence-corrected chi connectivity index (χ2v) is 4.76. The predicted molar refractivity (Wildman–Crippen MR) is 63.6 cm³/mol. The summed E-state index contributed by atoms with van der Waals surface area (Å²) in [5, 5.41) is 0. The van der Waals surface area contributed by atoms with Gasteiger partial charge in [0.05, 0.1) is 16.8 Å². The van der Waals surface area contributed by atoms with Crippen molar-refractivity contribution in [3.05, 3.63) is 9.66 Å². The van der Waals surface area contributed by atoms with Crippen LogP contribution < -0.4 is 0 Å². The first-order valence-corrected chi connectivity index (χ1v) is 5.88. The van der Waals surface area contributed by atoms with Crippen molar-refractivity contribution in [3.63, 3.8) is 0 Å². The van der Waals surface area contributed by atoms with Gasteiger partial charge in [0.25, 0.3) is 0 Å². The van der Waals surface area contributed by atoms with Crippen molar-refractivity contribution >= 4 is 28.6 Å². The van der Waals surface area contributed by atoms with E-state index in [1.807, 2.05) is 36.4 Å². The Labute approximate surface area is 103 Å². The summed E-state index contributed by atoms with van der Waals surface area (Å²) >= 11 is 1.94. The van der Waals surface area contributed by atoms with E-state index in [-0.39, 0.29) is 12.1 Å². The van der Waals surface area contributed by atoms with E-state index in [2.05, 4.69) is 0 Å². The third-order valence-electron chi connectivity index (χ3n) is 1.83. The third-order valence-corrected chi connectivity index (χ3v) is 2.63. The molecule has 1 saturated heterocycles. The molecule has 0 aromatic heterocycles. The van der Waals surface area contributed by atoms with Crippen molar-refractivity contribution in [2.45, 2.75) is 32.7 Å². The molecule has 0 aromatic rings. The number of rotatable bonds is 3. The van der Waals surface area contributed by atoms with Crippen molar-refractivity contribution in [1.29, 1.82) is 0 Å². The van der Waals surface area contributed by atoms with Gasteiger partial charge in [-0.15, -0.1) is 0 Å². The van der Waals surface area contributed by atoms with Crippen LogP contribution in [0.25, 0.3) is 0 Å². The Morgan fingerprint density at radius 3 is 2.80 bits per heavy atom. The fraction of sp³-hybridized carbons (Fsp3) is 0.700. The lowest BCUT2D eigenvalue weighted by atomic mass is 10.3. The number of halogens is 1. The van der Waals surface area contributed by atoms with Crippen molar-refractivity contribution < 1.29 is 19.0 Å². The maximum atomic E-state index is 11.3. The Balaban J connectivity index is 2.53. The molecule has 1 aliphatic rings. The van der Waals surface area contributed by atoms with E-state index >= 15 is 0 Å². The highest BCUT2D eigenvalue weighted by Gasteiger charge is 2.31. The van der Waals surface area contributed by atoms with Gasteiger partial charge < -0.3 is 14.2 Å². The van der Waals surface area contributed by atoms with Crippen LogP contribution in [0.5, 0.6) is 0 Å². The molecule has 4 nitrogen and oxygen atoms in total. The molecular formula is C10H15IO4. The molecule has 0 N–H and O–H groups in total. The molecule has 1 fully saturated rings. The second-order valence-electron chi connectivity index (χ2n) is 3.60. The maximum absolute atomic E-state index is 11.3. The fourth-order valence-corrected chi connectivity index (χ4v) is 1.79. The highest BCUT2D eigenvalue weighted by atomic mass is 127. The first-order chi connectivity index (χ1) is 6.94. The van der Waals surface area contributed by atoms with Crippen LogP contribution in [-0.4, -0.2) is 31.1 Å². The highest BCUT2D eigenvalue weighted by molar-refractivity contribution is 14.1. The van der Waals surface area contributed by atoms with E-state index in [9.17, 15) is 4.79 Å². The first-order valence-electron chi connectivity index (χ1n) is 4.81. The summed E-state index contributed by atoms with van der Waals surface area (Å²) in [6, 6.07) is 0. The zero-order valence-corrected chi connectivity index (χ0v) is 11.2. The minimum Gasteiger partial charge on any atom is -0.462 e. The smallest absolute Gasteiger partial charge is 0.344 e. The summed E-state index contributed by atoms with van der Waals surface area (Å²) in [6.45, 7) is 6.32. The monoisotopic (exact) mass is 326 g/mol. The lowest BCUT2D eigenvalue weighted by Crippen LogP contribution is -2.21. The summed E-state index contributed by atoms with van der Waals surface area (Å²) in [5.41, 5.74) is 0. The number of carbonyl (C=O) groups excluding carboxylic acids is 1. The molecule has 1 rings (SSSR count). The van der Waals surface area contributed by atoms with E-state index in [1.165, 1.54) is 0 Å². The molecule has 1 atom stereocenters. The van der Waals surface area contributed by atoms with Crippen molar-refractivity contribution in [2.24, 2.45) is 0 Å². The van der Waals surface area contributed by atoms with Crippen LogP contribution in [0.15, 0.2) is 9.66 Å². The van der Waals surface area contributed by atoms with E-state index < -0.39 is 5.79 Å². The zero-order chi connectivity index (χ0) is 11.5. The van der Waals surface area contributed by atoms with Crippen molar-refractivity contribution in [2.75, 3.05) is 13.2 Å². The Hall–Kier alpha value is -0.140. The van der Waals surface area contributed by atoms with Gasteiger partial charge in [-0.25, -0.2) is 4.79 Å². The summed E-state index contributed by atoms with van der Waals surface area (Å²) < 4.78 is 16.3. The number of hydrogen-bond donors (Lipinski definition) is 0. The van der Waals surface area contributed by atoms with Gasteiger partial charge in [0.2, 0.25) is 0 Å². The van der Waals surface area contributed by atoms with Gasteiger partial charge in [-0.05, 0) is 49.4 Å². The maximum Gasteiger partial charge on any atom is 0.344 e. The van der Waals surface area contributed by atoms with Crippen LogP contribution >= 0.6 is 22.6 Å². The van der Waals surface area contributed by atoms with Crippen LogP contribution in [0.2, 0.25) is 0 Å². The topological polar surface area (TPSA) is 44.8 Å². The van der Waals surface area contributed by atoms with Crippen LogP contribution in [-0.2, 0) is 19.0 Å². The minimum atomic E-state index is -0.563. The minimum absolute atomic E-state index is 0.170. The second kappa shape index (κ2) is 5.27. The molecule has 0 bridgehead atoms. The van der Waals surface area contributed by atoms with Crippen LogP contribution in [0.3, 0.4) is 0 Å². The fourth-order valence-electron chi connectivity index (χ4n) is 1.23. The molecule has 0 amide bonds. The van der Waals surface area contributed by atoms with Gasteiger partial charge in [-0.2, -0.15) is 0 Å². The van der Waals surface area contributed by atoms with Gasteiger partial charge in [0.1, 0.15) is 6.10 Å². The molecule has 0 saturated carbocycles. The lowest BCUT2D eigenvalue weighted by molar-refractivity contribution is -0.138. The van der Waals surface area contributed by atoms with Gasteiger partial charge in [-0.3, -0.25) is 0 Å². The molecule has 0 aliphatic carbocycles. The average Bonchev–Trinajstić information content (AvgIpc) is 2.46. The molecule has 5 heteroatoms. The zero-order valence-electron chi connectivity index (χ0n) is 9.08. The Morgan fingerprint density at radius 2 is 2.33 bits per heavy atom. The molecular weight excluding hydrogens is 311 g/mol. The van der Waals surface area contributed by atoms with Gasteiger partial charge in [0.15, 0.2) is 5.79 Å². The number of ether oxygens (including phenoxy) is 3. The Bertz CT molecular complexity index is 273. The first kappa shape index (κ1) is 12.9. The molecule has 0 spiro atoms. The summed E-state index contributed by atoms with van der Waals surface area (Å²) in [5.74, 6) is -0.876. The van der Waals surface area contributed by atoms with Gasteiger partial charge >= 0.3 is 5.97 Å². The van der Waals surface area contributed by atoms with Gasteiger partial charge in [-0.1, -0.05) is 0 Å². The summed E-state index contributed by atoms with van der Waals surface area (Å²) in [6.07, 6.45) is 1.56. The standard InChI is InChI=1S/C10H15IO4/c1-4-13-9(12)8(11)5-7-6-14-10(2,3)15-7/h5,7H,4,6H2,1-3H3/b8-5+. The number of esters is 1. The molecule has 86 valence electrons. The van der Waals surface area contributed by atoms with Crippen LogP contribution in [0.4, 0.5) is 0 Å². The number of hydrogen-bond acceptors (Lipinski definition) is 4.